The van der Waals surface area contributed by atoms with Crippen LogP contribution < -0.4 is 0 Å². The molecule has 28 valence electrons. The fraction of sp³-hybridized carbons (Fsp3) is 0. The van der Waals surface area contributed by atoms with E-state index < -0.39 is 0 Å². The predicted octanol–water partition coefficient (Wildman–Crippen LogP) is -0.651. The molecule has 4 heteroatoms. The van der Waals surface area contributed by atoms with Gasteiger partial charge in [-0.15, -0.1) is 0 Å². The second-order valence-electron chi connectivity index (χ2n) is 0. The van der Waals surface area contributed by atoms with Crippen molar-refractivity contribution in [2.24, 2.45) is 0 Å². The molecule has 0 aromatic carbocycles. The van der Waals surface area contributed by atoms with Crippen LogP contribution in [0.15, 0.2) is 0 Å². The molecule has 0 saturated heterocycles. The van der Waals surface area contributed by atoms with Crippen molar-refractivity contribution in [2.75, 3.05) is 0 Å². The van der Waals surface area contributed by atoms with E-state index in [9.17, 15) is 0 Å². The van der Waals surface area contributed by atoms with Gasteiger partial charge in [0.25, 0.3) is 0 Å². The van der Waals surface area contributed by atoms with Gasteiger partial charge in [-0.1, -0.05) is 0 Å². The first-order chi connectivity index (χ1) is 0. The van der Waals surface area contributed by atoms with Crippen LogP contribution in [0.3, 0.4) is 0 Å². The van der Waals surface area contributed by atoms with Crippen LogP contribution in [0.25, 0.3) is 0 Å². The van der Waals surface area contributed by atoms with Gasteiger partial charge in [-0.05, 0) is 0 Å². The molecular weight excluding hydrogens is 334 g/mol. The van der Waals surface area contributed by atoms with E-state index >= 15 is 0 Å². The number of rotatable bonds is 0. The Balaban J connectivity index is 0. The monoisotopic (exact) mass is 336 g/mol. The van der Waals surface area contributed by atoms with Gasteiger partial charge in [0, 0.05) is 65.3 Å². The maximum absolute atomic E-state index is 0. The topological polar surface area (TPSA) is 0 Å². The molecule has 0 aliphatic rings. The molecule has 0 fully saturated rings. The van der Waals surface area contributed by atoms with Crippen molar-refractivity contribution >= 4 is 56.4 Å². The summed E-state index contributed by atoms with van der Waals surface area (Å²) in [4.78, 5) is 0. The van der Waals surface area contributed by atoms with Crippen LogP contribution in [-0.2, 0) is 22.4 Å². The van der Waals surface area contributed by atoms with E-state index in [0.717, 1.165) is 0 Å². The minimum Gasteiger partial charge on any atom is -0.197 e. The summed E-state index contributed by atoms with van der Waals surface area (Å²) >= 11 is 0. The van der Waals surface area contributed by atoms with Crippen LogP contribution in [-0.4, -0.2) is 42.9 Å². The van der Waals surface area contributed by atoms with Crippen LogP contribution in [0.2, 0.25) is 0 Å². The molecule has 0 atom stereocenters. The Bertz CT molecular complexity index is 8.00. The molecule has 0 rings (SSSR count). The first kappa shape index (κ1) is 31.6. The van der Waals surface area contributed by atoms with Crippen LogP contribution in [0.1, 0.15) is 0 Å². The SMILES string of the molecule is S.[Ag].[In].[Se]. The molecule has 0 heterocycles. The van der Waals surface area contributed by atoms with E-state index in [4.69, 9.17) is 0 Å². The Hall–Kier alpha value is 2.48. The second kappa shape index (κ2) is 17.9. The zero-order chi connectivity index (χ0) is 0. The fourth-order valence-electron chi connectivity index (χ4n) is 0. The third-order valence-corrected chi connectivity index (χ3v) is 0. The minimum atomic E-state index is 0. The largest absolute Gasteiger partial charge is 0.197 e. The summed E-state index contributed by atoms with van der Waals surface area (Å²) in [6, 6.07) is 0. The fourth-order valence-corrected chi connectivity index (χ4v) is 0. The van der Waals surface area contributed by atoms with Crippen LogP contribution >= 0.6 is 13.5 Å². The van der Waals surface area contributed by atoms with Crippen LogP contribution in [0, 0.1) is 0 Å². The Kier molecular flexibility index (Phi) is 141. The van der Waals surface area contributed by atoms with E-state index in [2.05, 4.69) is 0 Å². The number of hydrogen-bond donors (Lipinski definition) is 0. The van der Waals surface area contributed by atoms with Crippen LogP contribution in [0.5, 0.6) is 0 Å². The first-order valence-corrected chi connectivity index (χ1v) is 0. The van der Waals surface area contributed by atoms with Crippen molar-refractivity contribution in [3.8, 4) is 0 Å². The molecule has 0 saturated carbocycles. The normalized spacial score (nSPS) is 0. The van der Waals surface area contributed by atoms with Gasteiger partial charge >= 0.3 is 0 Å². The summed E-state index contributed by atoms with van der Waals surface area (Å²) in [6.45, 7) is 0. The summed E-state index contributed by atoms with van der Waals surface area (Å²) < 4.78 is 0. The van der Waals surface area contributed by atoms with Gasteiger partial charge in [0.15, 0.2) is 0 Å². The van der Waals surface area contributed by atoms with Gasteiger partial charge in [0.05, 0.1) is 0 Å². The van der Waals surface area contributed by atoms with E-state index in [0.29, 0.717) is 0 Å². The molecule has 0 N–H and O–H groups in total. The van der Waals surface area contributed by atoms with Gasteiger partial charge in [-0.3, -0.25) is 0 Å². The average molecular weight is 336 g/mol. The maximum Gasteiger partial charge on any atom is 0 e. The van der Waals surface area contributed by atoms with Crippen molar-refractivity contribution in [2.45, 2.75) is 0 Å². The van der Waals surface area contributed by atoms with E-state index in [1.165, 1.54) is 0 Å². The second-order valence-corrected chi connectivity index (χ2v) is 0. The van der Waals surface area contributed by atoms with E-state index in [1.54, 1.807) is 0 Å². The third kappa shape index (κ3) is 8.82. The van der Waals surface area contributed by atoms with Crippen molar-refractivity contribution in [3.63, 3.8) is 0 Å². The molecule has 4 heavy (non-hydrogen) atoms. The van der Waals surface area contributed by atoms with Crippen molar-refractivity contribution in [1.29, 1.82) is 0 Å². The molecule has 0 amide bonds. The Labute approximate surface area is 77.7 Å². The first-order valence-electron chi connectivity index (χ1n) is 0. The zero-order valence-corrected chi connectivity index (χ0v) is 9.28. The summed E-state index contributed by atoms with van der Waals surface area (Å²) in [6.07, 6.45) is 0. The summed E-state index contributed by atoms with van der Waals surface area (Å²) in [5.74, 6) is 0. The molecule has 0 spiro atoms. The molecule has 0 aliphatic carbocycles. The van der Waals surface area contributed by atoms with Crippen LogP contribution in [0.4, 0.5) is 0 Å². The Morgan fingerprint density at radius 3 is 1.00 bits per heavy atom. The maximum atomic E-state index is 0. The van der Waals surface area contributed by atoms with Gasteiger partial charge in [0.1, 0.15) is 0 Å². The molecule has 0 aliphatic heterocycles. The molecule has 0 nitrogen and oxygen atoms in total. The molecular formula is H2AgInSSe. The zero-order valence-electron chi connectivity index (χ0n) is 1.79. The molecule has 0 bridgehead atoms. The Morgan fingerprint density at radius 1 is 1.00 bits per heavy atom. The molecule has 0 aromatic heterocycles. The van der Waals surface area contributed by atoms with Gasteiger partial charge < -0.3 is 0 Å². The molecule has 0 unspecified atom stereocenters. The van der Waals surface area contributed by atoms with E-state index in [-0.39, 0.29) is 78.8 Å². The van der Waals surface area contributed by atoms with Gasteiger partial charge in [-0.2, -0.15) is 13.5 Å². The van der Waals surface area contributed by atoms with E-state index in [1.807, 2.05) is 0 Å². The van der Waals surface area contributed by atoms with Gasteiger partial charge in [-0.25, -0.2) is 0 Å². The molecule has 0 aromatic rings. The summed E-state index contributed by atoms with van der Waals surface area (Å²) in [5.41, 5.74) is 0. The minimum absolute atomic E-state index is 0. The molecule has 6 radical (unpaired) electrons. The predicted molar refractivity (Wildman–Crippen MR) is 21.9 cm³/mol. The summed E-state index contributed by atoms with van der Waals surface area (Å²) in [5, 5.41) is 0. The van der Waals surface area contributed by atoms with Gasteiger partial charge in [0.2, 0.25) is 0 Å². The van der Waals surface area contributed by atoms with Crippen molar-refractivity contribution in [3.05, 3.63) is 0 Å². The van der Waals surface area contributed by atoms with Crippen molar-refractivity contribution in [1.82, 2.24) is 0 Å². The average Bonchev–Trinajstić information content (AvgIpc) is 0. The standard InChI is InChI=1S/Ag.In.H2S.Se/h;;1H2;. The van der Waals surface area contributed by atoms with Crippen molar-refractivity contribution < 1.29 is 22.4 Å². The quantitative estimate of drug-likeness (QED) is 0.516. The summed E-state index contributed by atoms with van der Waals surface area (Å²) in [7, 11) is 0. The number of hydrogen-bond acceptors (Lipinski definition) is 0. The Morgan fingerprint density at radius 2 is 1.00 bits per heavy atom. The smallest absolute Gasteiger partial charge is 0 e. The third-order valence-electron chi connectivity index (χ3n) is 0.